The van der Waals surface area contributed by atoms with Gasteiger partial charge in [-0.3, -0.25) is 4.79 Å². The molecule has 1 aliphatic heterocycles. The van der Waals surface area contributed by atoms with Crippen molar-refractivity contribution in [2.45, 2.75) is 19.3 Å². The maximum atomic E-state index is 10.5. The summed E-state index contributed by atoms with van der Waals surface area (Å²) in [6, 6.07) is 0. The number of aromatic nitrogens is 2. The van der Waals surface area contributed by atoms with E-state index in [2.05, 4.69) is 14.9 Å². The molecule has 16 heavy (non-hydrogen) atoms. The van der Waals surface area contributed by atoms with Crippen LogP contribution in [-0.4, -0.2) is 29.3 Å². The molecule has 2 unspecified atom stereocenters. The van der Waals surface area contributed by atoms with E-state index < -0.39 is 0 Å². The summed E-state index contributed by atoms with van der Waals surface area (Å²) < 4.78 is 0. The molecule has 0 aromatic carbocycles. The predicted octanol–water partition coefficient (Wildman–Crippen LogP) is 1.53. The molecule has 2 aliphatic rings. The monoisotopic (exact) mass is 217 g/mol. The fourth-order valence-electron chi connectivity index (χ4n) is 2.95. The van der Waals surface area contributed by atoms with E-state index in [4.69, 9.17) is 0 Å². The molecule has 4 nitrogen and oxygen atoms in total. The molecule has 3 rings (SSSR count). The number of fused-ring (bicyclic) bond motifs is 1. The fraction of sp³-hybridized carbons (Fsp3) is 0.583. The third kappa shape index (κ3) is 1.58. The van der Waals surface area contributed by atoms with Crippen LogP contribution in [0.1, 0.15) is 29.6 Å². The highest BCUT2D eigenvalue weighted by Crippen LogP contribution is 2.38. The topological polar surface area (TPSA) is 46.1 Å². The Balaban J connectivity index is 1.75. The minimum atomic E-state index is 0.545. The second-order valence-electron chi connectivity index (χ2n) is 4.79. The first-order chi connectivity index (χ1) is 7.86. The zero-order valence-electron chi connectivity index (χ0n) is 9.17. The van der Waals surface area contributed by atoms with E-state index in [9.17, 15) is 4.79 Å². The number of aldehydes is 1. The highest BCUT2D eigenvalue weighted by atomic mass is 16.1. The number of anilines is 1. The molecule has 2 fully saturated rings. The molecule has 0 amide bonds. The molecule has 0 radical (unpaired) electrons. The summed E-state index contributed by atoms with van der Waals surface area (Å²) in [7, 11) is 0. The average molecular weight is 217 g/mol. The second-order valence-corrected chi connectivity index (χ2v) is 4.79. The average Bonchev–Trinajstić information content (AvgIpc) is 2.89. The number of hydrogen-bond donors (Lipinski definition) is 0. The van der Waals surface area contributed by atoms with Crippen molar-refractivity contribution in [1.82, 2.24) is 9.97 Å². The predicted molar refractivity (Wildman–Crippen MR) is 60.5 cm³/mol. The Bertz CT molecular complexity index is 378. The zero-order valence-corrected chi connectivity index (χ0v) is 9.17. The van der Waals surface area contributed by atoms with E-state index in [-0.39, 0.29) is 0 Å². The fourth-order valence-corrected chi connectivity index (χ4v) is 2.95. The van der Waals surface area contributed by atoms with E-state index in [0.717, 1.165) is 37.2 Å². The number of carbonyl (C=O) groups is 1. The molecular weight excluding hydrogens is 202 g/mol. The van der Waals surface area contributed by atoms with Gasteiger partial charge in [-0.15, -0.1) is 0 Å². The van der Waals surface area contributed by atoms with Crippen LogP contribution in [0, 0.1) is 11.8 Å². The van der Waals surface area contributed by atoms with Crippen molar-refractivity contribution >= 4 is 12.2 Å². The van der Waals surface area contributed by atoms with Crippen molar-refractivity contribution in [3.63, 3.8) is 0 Å². The van der Waals surface area contributed by atoms with Crippen LogP contribution in [0.25, 0.3) is 0 Å². The quantitative estimate of drug-likeness (QED) is 0.705. The number of rotatable bonds is 2. The number of hydrogen-bond acceptors (Lipinski definition) is 4. The van der Waals surface area contributed by atoms with Crippen molar-refractivity contribution in [2.75, 3.05) is 18.0 Å². The van der Waals surface area contributed by atoms with E-state index in [0.29, 0.717) is 5.56 Å². The van der Waals surface area contributed by atoms with E-state index in [1.54, 1.807) is 12.4 Å². The Morgan fingerprint density at radius 2 is 1.81 bits per heavy atom. The summed E-state index contributed by atoms with van der Waals surface area (Å²) in [6.45, 7) is 2.18. The van der Waals surface area contributed by atoms with Gasteiger partial charge < -0.3 is 4.90 Å². The van der Waals surface area contributed by atoms with Crippen LogP contribution in [0.15, 0.2) is 12.4 Å². The Morgan fingerprint density at radius 1 is 1.19 bits per heavy atom. The maximum absolute atomic E-state index is 10.5. The normalized spacial score (nSPS) is 28.1. The summed E-state index contributed by atoms with van der Waals surface area (Å²) in [5.74, 6) is 2.46. The lowest BCUT2D eigenvalue weighted by Crippen LogP contribution is -2.23. The van der Waals surface area contributed by atoms with Crippen LogP contribution < -0.4 is 4.90 Å². The zero-order chi connectivity index (χ0) is 11.0. The van der Waals surface area contributed by atoms with Gasteiger partial charge in [0.1, 0.15) is 0 Å². The van der Waals surface area contributed by atoms with Crippen molar-refractivity contribution < 1.29 is 4.79 Å². The van der Waals surface area contributed by atoms with E-state index in [1.165, 1.54) is 19.3 Å². The lowest BCUT2D eigenvalue weighted by atomic mass is 10.0. The van der Waals surface area contributed by atoms with Gasteiger partial charge in [0.25, 0.3) is 0 Å². The molecule has 1 aromatic heterocycles. The molecule has 4 heteroatoms. The van der Waals surface area contributed by atoms with Gasteiger partial charge in [0, 0.05) is 25.5 Å². The van der Waals surface area contributed by atoms with Crippen molar-refractivity contribution in [2.24, 2.45) is 11.8 Å². The molecule has 1 aromatic rings. The van der Waals surface area contributed by atoms with Gasteiger partial charge in [-0.1, -0.05) is 6.42 Å². The Labute approximate surface area is 94.7 Å². The molecule has 2 atom stereocenters. The number of nitrogens with zero attached hydrogens (tertiary/aromatic N) is 3. The van der Waals surface area contributed by atoms with E-state index in [1.807, 2.05) is 0 Å². The van der Waals surface area contributed by atoms with Gasteiger partial charge in [-0.05, 0) is 24.7 Å². The van der Waals surface area contributed by atoms with Crippen LogP contribution >= 0.6 is 0 Å². The van der Waals surface area contributed by atoms with Crippen molar-refractivity contribution in [1.29, 1.82) is 0 Å². The molecule has 1 saturated carbocycles. The Morgan fingerprint density at radius 3 is 2.38 bits per heavy atom. The molecule has 0 bridgehead atoms. The van der Waals surface area contributed by atoms with Gasteiger partial charge >= 0.3 is 0 Å². The van der Waals surface area contributed by atoms with Crippen LogP contribution in [0.5, 0.6) is 0 Å². The lowest BCUT2D eigenvalue weighted by Gasteiger charge is -2.16. The van der Waals surface area contributed by atoms with Gasteiger partial charge in [-0.25, -0.2) is 9.97 Å². The first-order valence-electron chi connectivity index (χ1n) is 5.89. The standard InChI is InChI=1S/C12H15N3O/c16-8-9-4-13-12(14-5-9)15-6-10-2-1-3-11(10)7-15/h4-5,8,10-11H,1-3,6-7H2. The highest BCUT2D eigenvalue weighted by Gasteiger charge is 2.36. The Kier molecular flexibility index (Phi) is 2.35. The third-order valence-corrected chi connectivity index (χ3v) is 3.80. The molecule has 2 heterocycles. The van der Waals surface area contributed by atoms with Gasteiger partial charge in [-0.2, -0.15) is 0 Å². The first-order valence-corrected chi connectivity index (χ1v) is 5.89. The summed E-state index contributed by atoms with van der Waals surface area (Å²) in [6.07, 6.45) is 8.07. The first kappa shape index (κ1) is 9.75. The van der Waals surface area contributed by atoms with Crippen LogP contribution in [0.3, 0.4) is 0 Å². The summed E-state index contributed by atoms with van der Waals surface area (Å²) in [5, 5.41) is 0. The minimum Gasteiger partial charge on any atom is -0.340 e. The molecule has 84 valence electrons. The molecule has 0 spiro atoms. The summed E-state index contributed by atoms with van der Waals surface area (Å²) >= 11 is 0. The van der Waals surface area contributed by atoms with Gasteiger partial charge in [0.2, 0.25) is 5.95 Å². The Hall–Kier alpha value is -1.45. The van der Waals surface area contributed by atoms with Gasteiger partial charge in [0.05, 0.1) is 5.56 Å². The molecule has 0 N–H and O–H groups in total. The smallest absolute Gasteiger partial charge is 0.225 e. The number of carbonyl (C=O) groups excluding carboxylic acids is 1. The van der Waals surface area contributed by atoms with Crippen molar-refractivity contribution in [3.8, 4) is 0 Å². The van der Waals surface area contributed by atoms with E-state index >= 15 is 0 Å². The minimum absolute atomic E-state index is 0.545. The lowest BCUT2D eigenvalue weighted by molar-refractivity contribution is 0.112. The van der Waals surface area contributed by atoms with Crippen LogP contribution in [-0.2, 0) is 0 Å². The molecular formula is C12H15N3O. The summed E-state index contributed by atoms with van der Waals surface area (Å²) in [4.78, 5) is 21.2. The SMILES string of the molecule is O=Cc1cnc(N2CC3CCCC3C2)nc1. The van der Waals surface area contributed by atoms with Crippen molar-refractivity contribution in [3.05, 3.63) is 18.0 Å². The molecule has 1 saturated heterocycles. The largest absolute Gasteiger partial charge is 0.340 e. The highest BCUT2D eigenvalue weighted by molar-refractivity contribution is 5.73. The van der Waals surface area contributed by atoms with Crippen LogP contribution in [0.2, 0.25) is 0 Å². The van der Waals surface area contributed by atoms with Crippen LogP contribution in [0.4, 0.5) is 5.95 Å². The molecule has 1 aliphatic carbocycles. The maximum Gasteiger partial charge on any atom is 0.225 e. The third-order valence-electron chi connectivity index (χ3n) is 3.80. The second kappa shape index (κ2) is 3.85. The van der Waals surface area contributed by atoms with Gasteiger partial charge in [0.15, 0.2) is 6.29 Å². The summed E-state index contributed by atoms with van der Waals surface area (Å²) in [5.41, 5.74) is 0.545.